The predicted octanol–water partition coefficient (Wildman–Crippen LogP) is 10.5. The van der Waals surface area contributed by atoms with E-state index in [1.54, 1.807) is 0 Å². The molecule has 2 N–H and O–H groups in total. The average Bonchev–Trinajstić information content (AvgIpc) is 3.52. The highest BCUT2D eigenvalue weighted by Gasteiger charge is 2.46. The summed E-state index contributed by atoms with van der Waals surface area (Å²) in [5.41, 5.74) is 10.4. The van der Waals surface area contributed by atoms with Gasteiger partial charge in [-0.05, 0) is 55.3 Å². The summed E-state index contributed by atoms with van der Waals surface area (Å²) in [5, 5.41) is 24.0. The number of aliphatic hydroxyl groups is 2. The monoisotopic (exact) mass is 628 g/mol. The lowest BCUT2D eigenvalue weighted by atomic mass is 9.75. The summed E-state index contributed by atoms with van der Waals surface area (Å²) in [4.78, 5) is 0. The van der Waals surface area contributed by atoms with E-state index in [9.17, 15) is 10.2 Å². The van der Waals surface area contributed by atoms with Crippen LogP contribution in [0.5, 0.6) is 0 Å². The van der Waals surface area contributed by atoms with Gasteiger partial charge in [-0.1, -0.05) is 187 Å². The Kier molecular flexibility index (Phi) is 7.58. The van der Waals surface area contributed by atoms with E-state index in [0.717, 1.165) is 55.6 Å². The average molecular weight is 629 g/mol. The Morgan fingerprint density at radius 1 is 0.312 bits per heavy atom. The lowest BCUT2D eigenvalue weighted by molar-refractivity contribution is 0.128. The zero-order valence-electron chi connectivity index (χ0n) is 28.8. The van der Waals surface area contributed by atoms with Crippen molar-refractivity contribution >= 4 is 0 Å². The van der Waals surface area contributed by atoms with Gasteiger partial charge in [-0.3, -0.25) is 0 Å². The van der Waals surface area contributed by atoms with E-state index in [4.69, 9.17) is 0 Å². The third kappa shape index (κ3) is 4.86. The summed E-state index contributed by atoms with van der Waals surface area (Å²) < 4.78 is 0. The van der Waals surface area contributed by atoms with Gasteiger partial charge in [0.2, 0.25) is 0 Å². The van der Waals surface area contributed by atoms with Crippen LogP contribution in [0.3, 0.4) is 0 Å². The fourth-order valence-corrected chi connectivity index (χ4v) is 7.91. The fraction of sp³-hybridized carbons (Fsp3) is 0.217. The van der Waals surface area contributed by atoms with Crippen LogP contribution >= 0.6 is 0 Å². The molecule has 0 spiro atoms. The molecule has 240 valence electrons. The minimum absolute atomic E-state index is 0.0429. The Bertz CT molecular complexity index is 1890. The highest BCUT2D eigenvalue weighted by Crippen LogP contribution is 2.54. The molecule has 0 aromatic heterocycles. The molecular weight excluding hydrogens is 585 g/mol. The van der Waals surface area contributed by atoms with E-state index >= 15 is 0 Å². The molecule has 0 radical (unpaired) electrons. The van der Waals surface area contributed by atoms with Crippen LogP contribution < -0.4 is 0 Å². The maximum Gasteiger partial charge on any atom is 0.142 e. The van der Waals surface area contributed by atoms with Gasteiger partial charge in [-0.15, -0.1) is 0 Å². The summed E-state index contributed by atoms with van der Waals surface area (Å²) in [6.45, 7) is 13.2. The van der Waals surface area contributed by atoms with Crippen molar-refractivity contribution < 1.29 is 10.2 Å². The van der Waals surface area contributed by atoms with Crippen LogP contribution in [0.1, 0.15) is 86.1 Å². The highest BCUT2D eigenvalue weighted by atomic mass is 16.3. The zero-order valence-corrected chi connectivity index (χ0v) is 28.8. The van der Waals surface area contributed by atoms with Gasteiger partial charge in [0.1, 0.15) is 11.2 Å². The summed E-state index contributed by atoms with van der Waals surface area (Å²) in [5.74, 6) is 0. The largest absolute Gasteiger partial charge is 0.376 e. The lowest BCUT2D eigenvalue weighted by Crippen LogP contribution is -2.30. The first kappa shape index (κ1) is 31.8. The molecule has 6 aromatic carbocycles. The van der Waals surface area contributed by atoms with E-state index in [-0.39, 0.29) is 10.8 Å². The molecule has 2 heteroatoms. The van der Waals surface area contributed by atoms with Gasteiger partial charge < -0.3 is 10.2 Å². The van der Waals surface area contributed by atoms with Crippen LogP contribution in [0.15, 0.2) is 146 Å². The van der Waals surface area contributed by atoms with Gasteiger partial charge in [0, 0.05) is 22.3 Å². The first-order chi connectivity index (χ1) is 22.9. The Labute approximate surface area is 285 Å². The molecular formula is C46H44O2. The van der Waals surface area contributed by atoms with Gasteiger partial charge in [0.15, 0.2) is 0 Å². The van der Waals surface area contributed by atoms with Crippen LogP contribution in [0.2, 0.25) is 0 Å². The van der Waals surface area contributed by atoms with E-state index in [2.05, 4.69) is 126 Å². The molecule has 0 fully saturated rings. The number of fused-ring (bicyclic) bond motifs is 6. The lowest BCUT2D eigenvalue weighted by Gasteiger charge is -2.33. The van der Waals surface area contributed by atoms with Gasteiger partial charge in [-0.2, -0.15) is 0 Å². The topological polar surface area (TPSA) is 40.5 Å². The van der Waals surface area contributed by atoms with Crippen LogP contribution in [0, 0.1) is 0 Å². The van der Waals surface area contributed by atoms with Crippen molar-refractivity contribution in [1.29, 1.82) is 0 Å². The Hall–Kier alpha value is -4.76. The van der Waals surface area contributed by atoms with Crippen molar-refractivity contribution in [2.45, 2.75) is 63.6 Å². The molecule has 48 heavy (non-hydrogen) atoms. The number of hydrogen-bond donors (Lipinski definition) is 2. The molecule has 0 saturated heterocycles. The third-order valence-electron chi connectivity index (χ3n) is 10.1. The molecule has 0 atom stereocenters. The van der Waals surface area contributed by atoms with Crippen LogP contribution in [0.25, 0.3) is 22.3 Å². The number of benzene rings is 6. The second kappa shape index (κ2) is 11.4. The molecule has 0 heterocycles. The molecule has 0 bridgehead atoms. The highest BCUT2D eigenvalue weighted by molar-refractivity contribution is 5.83. The van der Waals surface area contributed by atoms with Gasteiger partial charge in [0.05, 0.1) is 0 Å². The summed E-state index contributed by atoms with van der Waals surface area (Å²) >= 11 is 0. The molecule has 8 rings (SSSR count). The molecule has 0 unspecified atom stereocenters. The summed E-state index contributed by atoms with van der Waals surface area (Å²) in [6.07, 6.45) is 0. The molecule has 0 amide bonds. The first-order valence-corrected chi connectivity index (χ1v) is 16.9. The molecule has 0 aliphatic heterocycles. The fourth-order valence-electron chi connectivity index (χ4n) is 7.91. The Morgan fingerprint density at radius 2 is 0.521 bits per heavy atom. The maximum absolute atomic E-state index is 12.0. The molecule has 6 aromatic rings. The second-order valence-corrected chi connectivity index (χ2v) is 15.2. The van der Waals surface area contributed by atoms with E-state index in [1.165, 1.54) is 11.1 Å². The van der Waals surface area contributed by atoms with Crippen molar-refractivity contribution in [2.75, 3.05) is 0 Å². The van der Waals surface area contributed by atoms with Gasteiger partial charge in [0.25, 0.3) is 0 Å². The first-order valence-electron chi connectivity index (χ1n) is 16.9. The smallest absolute Gasteiger partial charge is 0.142 e. The molecule has 0 saturated carbocycles. The van der Waals surface area contributed by atoms with E-state index in [1.807, 2.05) is 60.7 Å². The van der Waals surface area contributed by atoms with Crippen molar-refractivity contribution in [3.8, 4) is 22.3 Å². The Balaban J connectivity index is 0.000000152. The van der Waals surface area contributed by atoms with Crippen molar-refractivity contribution in [2.24, 2.45) is 0 Å². The Morgan fingerprint density at radius 3 is 0.771 bits per heavy atom. The molecule has 2 aliphatic carbocycles. The second-order valence-electron chi connectivity index (χ2n) is 15.2. The quantitative estimate of drug-likeness (QED) is 0.200. The van der Waals surface area contributed by atoms with Crippen LogP contribution in [-0.2, 0) is 22.0 Å². The number of rotatable bonds is 2. The SMILES string of the molecule is CC(C)(C)c1ccccc1C1(O)c2ccccc2-c2ccccc21.CC(C)(C)c1ccccc1C1(O)c2ccccc2-c2ccccc21. The maximum atomic E-state index is 12.0. The van der Waals surface area contributed by atoms with Crippen LogP contribution in [0.4, 0.5) is 0 Å². The van der Waals surface area contributed by atoms with E-state index in [0.29, 0.717) is 0 Å². The minimum Gasteiger partial charge on any atom is -0.376 e. The standard InChI is InChI=1S/2C23H22O/c2*1-22(2,3)20-14-8-9-15-21(20)23(24)18-12-6-4-10-16(18)17-11-5-7-13-19(17)23/h2*4-15,24H,1-3H3. The van der Waals surface area contributed by atoms with Crippen molar-refractivity contribution in [3.05, 3.63) is 190 Å². The third-order valence-corrected chi connectivity index (χ3v) is 10.1. The molecule has 2 aliphatic rings. The van der Waals surface area contributed by atoms with Gasteiger partial charge in [-0.25, -0.2) is 0 Å². The zero-order chi connectivity index (χ0) is 33.9. The number of hydrogen-bond acceptors (Lipinski definition) is 2. The predicted molar refractivity (Wildman–Crippen MR) is 198 cm³/mol. The summed E-state index contributed by atoms with van der Waals surface area (Å²) in [6, 6.07) is 49.4. The summed E-state index contributed by atoms with van der Waals surface area (Å²) in [7, 11) is 0. The van der Waals surface area contributed by atoms with Crippen LogP contribution in [-0.4, -0.2) is 10.2 Å². The molecule has 2 nitrogen and oxygen atoms in total. The van der Waals surface area contributed by atoms with Crippen molar-refractivity contribution in [3.63, 3.8) is 0 Å². The van der Waals surface area contributed by atoms with E-state index < -0.39 is 11.2 Å². The van der Waals surface area contributed by atoms with Crippen molar-refractivity contribution in [1.82, 2.24) is 0 Å². The normalized spacial score (nSPS) is 15.0. The minimum atomic E-state index is -1.10. The van der Waals surface area contributed by atoms with Gasteiger partial charge >= 0.3 is 0 Å².